The van der Waals surface area contributed by atoms with Crippen molar-refractivity contribution in [2.24, 2.45) is 0 Å². The number of rotatable bonds is 3. The van der Waals surface area contributed by atoms with Gasteiger partial charge in [-0.2, -0.15) is 0 Å². The third-order valence-electron chi connectivity index (χ3n) is 7.97. The molecule has 0 unspecified atom stereocenters. The zero-order valence-corrected chi connectivity index (χ0v) is 29.3. The molecule has 0 saturated carbocycles. The van der Waals surface area contributed by atoms with Gasteiger partial charge in [0.1, 0.15) is 16.7 Å². The van der Waals surface area contributed by atoms with Crippen LogP contribution in [0.4, 0.5) is 0 Å². The fraction of sp³-hybridized carbons (Fsp3) is 0.128. The van der Waals surface area contributed by atoms with Gasteiger partial charge in [-0.3, -0.25) is 0 Å². The summed E-state index contributed by atoms with van der Waals surface area (Å²) in [4.78, 5) is 9.23. The second-order valence-electron chi connectivity index (χ2n) is 12.3. The van der Waals surface area contributed by atoms with Gasteiger partial charge in [0.2, 0.25) is 0 Å². The van der Waals surface area contributed by atoms with Gasteiger partial charge in [0.15, 0.2) is 0 Å². The van der Waals surface area contributed by atoms with E-state index in [4.69, 9.17) is 13.8 Å². The Balaban J connectivity index is 0.000000181. The van der Waals surface area contributed by atoms with E-state index in [-0.39, 0.29) is 20.1 Å². The van der Waals surface area contributed by atoms with E-state index in [0.717, 1.165) is 66.4 Å². The molecule has 225 valence electrons. The van der Waals surface area contributed by atoms with Crippen LogP contribution in [0.3, 0.4) is 0 Å². The molecule has 0 N–H and O–H groups in total. The predicted octanol–water partition coefficient (Wildman–Crippen LogP) is 10.1. The summed E-state index contributed by atoms with van der Waals surface area (Å²) in [6.07, 6.45) is 3.90. The minimum atomic E-state index is -1.23. The van der Waals surface area contributed by atoms with Gasteiger partial charge < -0.3 is 18.8 Å². The van der Waals surface area contributed by atoms with E-state index in [9.17, 15) is 0 Å². The number of hydrogen-bond donors (Lipinski definition) is 0. The van der Waals surface area contributed by atoms with Crippen molar-refractivity contribution in [1.29, 1.82) is 0 Å². The molecule has 0 aliphatic carbocycles. The smallest absolute Gasteiger partial charge is 0.135 e. The number of nitrogens with zero attached hydrogens (tertiary/aromatic N) is 2. The number of aromatic nitrogens is 2. The molecular formula is C39H32IrN2O2Si-2. The van der Waals surface area contributed by atoms with Gasteiger partial charge in [-0.15, -0.1) is 54.1 Å². The van der Waals surface area contributed by atoms with Crippen LogP contribution in [0.2, 0.25) is 19.6 Å². The van der Waals surface area contributed by atoms with Crippen molar-refractivity contribution in [2.45, 2.75) is 33.5 Å². The third kappa shape index (κ3) is 6.02. The SMILES string of the molecule is C[Si](C)(C)c1ccc(-c2[c-]cccc2)nc1.Cc1ccc2c(c1)oc1cc(-c3[c-]ccc4c3oc3cc(C)ccc34)ncc12.[Ir]. The van der Waals surface area contributed by atoms with Gasteiger partial charge in [-0.25, -0.2) is 0 Å². The van der Waals surface area contributed by atoms with Crippen LogP contribution in [-0.2, 0) is 20.1 Å². The largest absolute Gasteiger partial charge is 0.501 e. The van der Waals surface area contributed by atoms with Gasteiger partial charge in [0.25, 0.3) is 0 Å². The Morgan fingerprint density at radius 2 is 1.29 bits per heavy atom. The molecule has 8 rings (SSSR count). The number of pyridine rings is 2. The number of benzene rings is 4. The van der Waals surface area contributed by atoms with Crippen molar-refractivity contribution in [1.82, 2.24) is 9.97 Å². The Hall–Kier alpha value is -4.35. The van der Waals surface area contributed by atoms with Crippen LogP contribution in [0.25, 0.3) is 66.4 Å². The quantitative estimate of drug-likeness (QED) is 0.132. The zero-order chi connectivity index (χ0) is 30.4. The molecule has 4 nitrogen and oxygen atoms in total. The van der Waals surface area contributed by atoms with Crippen LogP contribution in [0.15, 0.2) is 112 Å². The van der Waals surface area contributed by atoms with Crippen LogP contribution in [0, 0.1) is 26.0 Å². The van der Waals surface area contributed by atoms with Crippen molar-refractivity contribution in [3.63, 3.8) is 0 Å². The molecule has 45 heavy (non-hydrogen) atoms. The van der Waals surface area contributed by atoms with Crippen molar-refractivity contribution >= 4 is 57.1 Å². The maximum absolute atomic E-state index is 6.20. The zero-order valence-electron chi connectivity index (χ0n) is 25.9. The van der Waals surface area contributed by atoms with Crippen LogP contribution in [0.1, 0.15) is 11.1 Å². The summed E-state index contributed by atoms with van der Waals surface area (Å²) >= 11 is 0. The molecule has 0 saturated heterocycles. The molecule has 4 aromatic carbocycles. The van der Waals surface area contributed by atoms with E-state index in [1.165, 1.54) is 16.3 Å². The molecule has 0 atom stereocenters. The molecule has 0 fully saturated rings. The Kier molecular flexibility index (Phi) is 8.32. The maximum atomic E-state index is 6.20. The van der Waals surface area contributed by atoms with Gasteiger partial charge in [0, 0.05) is 48.7 Å². The summed E-state index contributed by atoms with van der Waals surface area (Å²) in [6, 6.07) is 37.2. The number of aryl methyl sites for hydroxylation is 2. The Morgan fingerprint density at radius 1 is 0.600 bits per heavy atom. The minimum absolute atomic E-state index is 0. The molecule has 0 aliphatic heterocycles. The average molecular weight is 781 g/mol. The fourth-order valence-corrected chi connectivity index (χ4v) is 6.54. The first-order valence-electron chi connectivity index (χ1n) is 14.8. The first-order chi connectivity index (χ1) is 21.2. The van der Waals surface area contributed by atoms with Crippen molar-refractivity contribution < 1.29 is 28.9 Å². The van der Waals surface area contributed by atoms with E-state index in [1.807, 2.05) is 54.9 Å². The van der Waals surface area contributed by atoms with Gasteiger partial charge in [-0.1, -0.05) is 67.0 Å². The number of fused-ring (bicyclic) bond motifs is 6. The Morgan fingerprint density at radius 3 is 1.96 bits per heavy atom. The molecule has 6 heteroatoms. The monoisotopic (exact) mass is 781 g/mol. The normalized spacial score (nSPS) is 11.5. The molecule has 1 radical (unpaired) electrons. The van der Waals surface area contributed by atoms with E-state index in [2.05, 4.69) is 99.1 Å². The summed E-state index contributed by atoms with van der Waals surface area (Å²) in [7, 11) is -1.23. The molecule has 4 aromatic heterocycles. The van der Waals surface area contributed by atoms with E-state index < -0.39 is 8.07 Å². The van der Waals surface area contributed by atoms with Gasteiger partial charge in [-0.05, 0) is 59.7 Å². The van der Waals surface area contributed by atoms with Crippen molar-refractivity contribution in [3.05, 3.63) is 127 Å². The fourth-order valence-electron chi connectivity index (χ4n) is 5.50. The van der Waals surface area contributed by atoms with E-state index >= 15 is 0 Å². The molecule has 0 spiro atoms. The average Bonchev–Trinajstić information content (AvgIpc) is 3.58. The topological polar surface area (TPSA) is 52.1 Å². The molecule has 0 amide bonds. The van der Waals surface area contributed by atoms with Crippen molar-refractivity contribution in [2.75, 3.05) is 0 Å². The summed E-state index contributed by atoms with van der Waals surface area (Å²) in [5, 5.41) is 5.68. The van der Waals surface area contributed by atoms with Crippen LogP contribution in [-0.4, -0.2) is 18.0 Å². The van der Waals surface area contributed by atoms with Crippen LogP contribution < -0.4 is 5.19 Å². The molecule has 4 heterocycles. The minimum Gasteiger partial charge on any atom is -0.501 e. The summed E-state index contributed by atoms with van der Waals surface area (Å²) < 4.78 is 12.3. The summed E-state index contributed by atoms with van der Waals surface area (Å²) in [5.41, 5.74) is 9.46. The second kappa shape index (κ2) is 12.2. The maximum Gasteiger partial charge on any atom is 0.135 e. The van der Waals surface area contributed by atoms with Crippen LogP contribution >= 0.6 is 0 Å². The summed E-state index contributed by atoms with van der Waals surface area (Å²) in [5.74, 6) is 0. The van der Waals surface area contributed by atoms with Gasteiger partial charge >= 0.3 is 0 Å². The Bertz CT molecular complexity index is 2280. The van der Waals surface area contributed by atoms with E-state index in [0.29, 0.717) is 0 Å². The molecule has 0 aliphatic rings. The molecule has 0 bridgehead atoms. The standard InChI is InChI=1S/C25H16NO2.C14H16NSi.Ir/c1-14-7-9-17-20-13-26-21(12-24(20)27-22(17)10-14)19-5-3-4-18-16-8-6-15(2)11-23(16)28-25(18)19;1-16(2,3)13-9-10-14(15-11-13)12-7-5-4-6-8-12;/h3-4,6-13H,1-2H3;4-7,9-11H,1-3H3;/q2*-1;. The van der Waals surface area contributed by atoms with Crippen molar-refractivity contribution in [3.8, 4) is 22.5 Å². The second-order valence-corrected chi connectivity index (χ2v) is 17.4. The first kappa shape index (κ1) is 30.7. The van der Waals surface area contributed by atoms with Crippen LogP contribution in [0.5, 0.6) is 0 Å². The molecular weight excluding hydrogens is 749 g/mol. The number of furan rings is 2. The van der Waals surface area contributed by atoms with Gasteiger partial charge in [0.05, 0.1) is 13.7 Å². The summed E-state index contributed by atoms with van der Waals surface area (Å²) in [6.45, 7) is 11.1. The Labute approximate surface area is 277 Å². The van der Waals surface area contributed by atoms with E-state index in [1.54, 1.807) is 0 Å². The predicted molar refractivity (Wildman–Crippen MR) is 184 cm³/mol. The third-order valence-corrected chi connectivity index (χ3v) is 10.0. The first-order valence-corrected chi connectivity index (χ1v) is 18.3. The molecule has 8 aromatic rings. The number of hydrogen-bond acceptors (Lipinski definition) is 4.